The van der Waals surface area contributed by atoms with Crippen LogP contribution in [0.3, 0.4) is 0 Å². The van der Waals surface area contributed by atoms with Crippen molar-refractivity contribution in [2.24, 2.45) is 5.92 Å². The van der Waals surface area contributed by atoms with E-state index < -0.39 is 0 Å². The summed E-state index contributed by atoms with van der Waals surface area (Å²) >= 11 is 1.69. The molecular weight excluding hydrogens is 352 g/mol. The molecule has 2 aromatic heterocycles. The fourth-order valence-corrected chi connectivity index (χ4v) is 4.35. The van der Waals surface area contributed by atoms with E-state index in [-0.39, 0.29) is 0 Å². The van der Waals surface area contributed by atoms with Crippen molar-refractivity contribution in [3.05, 3.63) is 65.5 Å². The van der Waals surface area contributed by atoms with Gasteiger partial charge in [0.25, 0.3) is 0 Å². The Morgan fingerprint density at radius 1 is 0.963 bits per heavy atom. The third-order valence-corrected chi connectivity index (χ3v) is 6.15. The van der Waals surface area contributed by atoms with Gasteiger partial charge >= 0.3 is 0 Å². The van der Waals surface area contributed by atoms with Gasteiger partial charge in [-0.05, 0) is 67.4 Å². The van der Waals surface area contributed by atoms with E-state index in [9.17, 15) is 0 Å². The highest BCUT2D eigenvalue weighted by molar-refractivity contribution is 7.13. The van der Waals surface area contributed by atoms with Gasteiger partial charge in [-0.3, -0.25) is 4.90 Å². The Balaban J connectivity index is 1.17. The van der Waals surface area contributed by atoms with E-state index in [1.807, 2.05) is 18.2 Å². The lowest BCUT2D eigenvalue weighted by atomic mass is 9.93. The Kier molecular flexibility index (Phi) is 6.12. The van der Waals surface area contributed by atoms with Gasteiger partial charge in [0.2, 0.25) is 0 Å². The minimum atomic E-state index is 0.808. The number of aromatic nitrogens is 2. The second-order valence-corrected chi connectivity index (χ2v) is 8.15. The highest BCUT2D eigenvalue weighted by Crippen LogP contribution is 2.23. The van der Waals surface area contributed by atoms with Crippen LogP contribution in [0.2, 0.25) is 0 Å². The molecule has 0 saturated carbocycles. The van der Waals surface area contributed by atoms with E-state index in [2.05, 4.69) is 62.2 Å². The van der Waals surface area contributed by atoms with Crippen LogP contribution in [-0.4, -0.2) is 34.7 Å². The second-order valence-electron chi connectivity index (χ2n) is 7.20. The summed E-state index contributed by atoms with van der Waals surface area (Å²) < 4.78 is 0. The summed E-state index contributed by atoms with van der Waals surface area (Å²) in [4.78, 5) is 3.74. The largest absolute Gasteiger partial charge is 0.369 e. The molecule has 5 heteroatoms. The lowest BCUT2D eigenvalue weighted by molar-refractivity contribution is 0.174. The van der Waals surface area contributed by atoms with Gasteiger partial charge in [-0.15, -0.1) is 21.5 Å². The summed E-state index contributed by atoms with van der Waals surface area (Å²) in [6.07, 6.45) is 3.78. The van der Waals surface area contributed by atoms with Gasteiger partial charge in [-0.1, -0.05) is 36.4 Å². The number of anilines is 1. The minimum absolute atomic E-state index is 0.808. The van der Waals surface area contributed by atoms with E-state index in [4.69, 9.17) is 0 Å². The Bertz CT molecular complexity index is 794. The SMILES string of the molecule is c1ccc(CN2CCC(CCNc3ccc(-c4cccs4)nn3)CC2)cc1. The molecule has 4 rings (SSSR count). The summed E-state index contributed by atoms with van der Waals surface area (Å²) in [5, 5.41) is 14.1. The molecule has 1 aromatic carbocycles. The van der Waals surface area contributed by atoms with Crippen LogP contribution in [0.15, 0.2) is 60.0 Å². The average Bonchev–Trinajstić information content (AvgIpc) is 3.26. The fraction of sp³-hybridized carbons (Fsp3) is 0.364. The maximum Gasteiger partial charge on any atom is 0.148 e. The maximum absolute atomic E-state index is 4.33. The Morgan fingerprint density at radius 3 is 2.52 bits per heavy atom. The number of benzene rings is 1. The number of thiophene rings is 1. The molecule has 0 bridgehead atoms. The molecular formula is C22H26N4S. The molecule has 0 unspecified atom stereocenters. The standard InChI is InChI=1S/C22H26N4S/c1-2-5-19(6-3-1)17-26-14-11-18(12-15-26)10-13-23-22-9-8-20(24-25-22)21-7-4-16-27-21/h1-9,16,18H,10-15,17H2,(H,23,25). The van der Waals surface area contributed by atoms with Gasteiger partial charge in [0.05, 0.1) is 4.88 Å². The first-order valence-corrected chi connectivity index (χ1v) is 10.6. The van der Waals surface area contributed by atoms with Crippen LogP contribution in [0, 0.1) is 5.92 Å². The minimum Gasteiger partial charge on any atom is -0.369 e. The fourth-order valence-electron chi connectivity index (χ4n) is 3.66. The average molecular weight is 379 g/mol. The molecule has 27 heavy (non-hydrogen) atoms. The molecule has 0 atom stereocenters. The number of rotatable bonds is 7. The van der Waals surface area contributed by atoms with Crippen LogP contribution in [-0.2, 0) is 6.54 Å². The highest BCUT2D eigenvalue weighted by Gasteiger charge is 2.18. The number of hydrogen-bond acceptors (Lipinski definition) is 5. The summed E-state index contributed by atoms with van der Waals surface area (Å²) in [7, 11) is 0. The number of likely N-dealkylation sites (tertiary alicyclic amines) is 1. The molecule has 140 valence electrons. The van der Waals surface area contributed by atoms with Gasteiger partial charge in [0.1, 0.15) is 11.5 Å². The van der Waals surface area contributed by atoms with Crippen LogP contribution in [0.1, 0.15) is 24.8 Å². The van der Waals surface area contributed by atoms with Gasteiger partial charge in [-0.25, -0.2) is 0 Å². The first-order chi connectivity index (χ1) is 13.4. The number of piperidine rings is 1. The van der Waals surface area contributed by atoms with Gasteiger partial charge in [0, 0.05) is 13.1 Å². The van der Waals surface area contributed by atoms with Crippen molar-refractivity contribution in [1.29, 1.82) is 0 Å². The van der Waals surface area contributed by atoms with E-state index >= 15 is 0 Å². The van der Waals surface area contributed by atoms with E-state index in [1.165, 1.54) is 37.9 Å². The van der Waals surface area contributed by atoms with Crippen LogP contribution in [0.5, 0.6) is 0 Å². The van der Waals surface area contributed by atoms with Crippen LogP contribution in [0.4, 0.5) is 5.82 Å². The van der Waals surface area contributed by atoms with Gasteiger partial charge < -0.3 is 5.32 Å². The maximum atomic E-state index is 4.33. The topological polar surface area (TPSA) is 41.0 Å². The van der Waals surface area contributed by atoms with E-state index in [0.29, 0.717) is 0 Å². The zero-order valence-electron chi connectivity index (χ0n) is 15.6. The quantitative estimate of drug-likeness (QED) is 0.634. The summed E-state index contributed by atoms with van der Waals surface area (Å²) in [6, 6.07) is 19.0. The highest BCUT2D eigenvalue weighted by atomic mass is 32.1. The normalized spacial score (nSPS) is 15.7. The lowest BCUT2D eigenvalue weighted by Crippen LogP contribution is -2.33. The molecule has 0 spiro atoms. The first kappa shape index (κ1) is 18.1. The summed E-state index contributed by atoms with van der Waals surface area (Å²) in [5.74, 6) is 1.68. The van der Waals surface area contributed by atoms with Crippen molar-refractivity contribution in [2.45, 2.75) is 25.8 Å². The van der Waals surface area contributed by atoms with Crippen molar-refractivity contribution in [1.82, 2.24) is 15.1 Å². The third kappa shape index (κ3) is 5.15. The molecule has 1 saturated heterocycles. The molecule has 4 nitrogen and oxygen atoms in total. The predicted molar refractivity (Wildman–Crippen MR) is 113 cm³/mol. The molecule has 3 heterocycles. The molecule has 1 fully saturated rings. The van der Waals surface area contributed by atoms with Gasteiger partial charge in [-0.2, -0.15) is 0 Å². The van der Waals surface area contributed by atoms with E-state index in [1.54, 1.807) is 11.3 Å². The van der Waals surface area contributed by atoms with Crippen LogP contribution >= 0.6 is 11.3 Å². The van der Waals surface area contributed by atoms with Crippen molar-refractivity contribution >= 4 is 17.2 Å². The molecule has 1 aliphatic heterocycles. The van der Waals surface area contributed by atoms with Crippen molar-refractivity contribution in [3.8, 4) is 10.6 Å². The smallest absolute Gasteiger partial charge is 0.148 e. The Hall–Kier alpha value is -2.24. The number of nitrogens with zero attached hydrogens (tertiary/aromatic N) is 3. The predicted octanol–water partition coefficient (Wildman–Crippen LogP) is 4.92. The molecule has 1 N–H and O–H groups in total. The second kappa shape index (κ2) is 9.11. The first-order valence-electron chi connectivity index (χ1n) is 9.74. The summed E-state index contributed by atoms with van der Waals surface area (Å²) in [6.45, 7) is 4.46. The van der Waals surface area contributed by atoms with Crippen molar-refractivity contribution < 1.29 is 0 Å². The Labute approximate surface area is 165 Å². The zero-order chi connectivity index (χ0) is 18.3. The third-order valence-electron chi connectivity index (χ3n) is 5.25. The van der Waals surface area contributed by atoms with Gasteiger partial charge in [0.15, 0.2) is 0 Å². The van der Waals surface area contributed by atoms with Crippen molar-refractivity contribution in [3.63, 3.8) is 0 Å². The molecule has 0 radical (unpaired) electrons. The lowest BCUT2D eigenvalue weighted by Gasteiger charge is -2.32. The van der Waals surface area contributed by atoms with Crippen molar-refractivity contribution in [2.75, 3.05) is 25.0 Å². The van der Waals surface area contributed by atoms with Crippen LogP contribution in [0.25, 0.3) is 10.6 Å². The molecule has 3 aromatic rings. The molecule has 0 amide bonds. The molecule has 0 aliphatic carbocycles. The zero-order valence-corrected chi connectivity index (χ0v) is 16.4. The Morgan fingerprint density at radius 2 is 1.81 bits per heavy atom. The van der Waals surface area contributed by atoms with Crippen LogP contribution < -0.4 is 5.32 Å². The van der Waals surface area contributed by atoms with E-state index in [0.717, 1.165) is 35.4 Å². The summed E-state index contributed by atoms with van der Waals surface area (Å²) in [5.41, 5.74) is 2.36. The number of nitrogens with one attached hydrogen (secondary N) is 1. The number of hydrogen-bond donors (Lipinski definition) is 1. The monoisotopic (exact) mass is 378 g/mol. The molecule has 1 aliphatic rings.